The first-order valence-corrected chi connectivity index (χ1v) is 11.5. The predicted molar refractivity (Wildman–Crippen MR) is 119 cm³/mol. The largest absolute Gasteiger partial charge is 0.466 e. The van der Waals surface area contributed by atoms with Gasteiger partial charge < -0.3 is 14.6 Å². The molecule has 4 rings (SSSR count). The fraction of sp³-hybridized carbons (Fsp3) is 0.560. The number of hydrogen-bond donors (Lipinski definition) is 1. The topological polar surface area (TPSA) is 48.7 Å². The van der Waals surface area contributed by atoms with Crippen molar-refractivity contribution in [3.05, 3.63) is 59.5 Å². The van der Waals surface area contributed by atoms with Crippen LogP contribution >= 0.6 is 0 Å². The van der Waals surface area contributed by atoms with Crippen molar-refractivity contribution >= 4 is 5.91 Å². The van der Waals surface area contributed by atoms with Gasteiger partial charge in [-0.3, -0.25) is 9.69 Å². The molecule has 5 nitrogen and oxygen atoms in total. The van der Waals surface area contributed by atoms with E-state index in [0.29, 0.717) is 18.8 Å². The van der Waals surface area contributed by atoms with Crippen molar-refractivity contribution in [1.29, 1.82) is 0 Å². The van der Waals surface area contributed by atoms with Gasteiger partial charge in [0, 0.05) is 58.0 Å². The van der Waals surface area contributed by atoms with E-state index < -0.39 is 0 Å². The maximum Gasteiger partial charge on any atom is 0.220 e. The second-order valence-electron chi connectivity index (χ2n) is 8.93. The van der Waals surface area contributed by atoms with Gasteiger partial charge in [-0.2, -0.15) is 0 Å². The quantitative estimate of drug-likeness (QED) is 0.609. The van der Waals surface area contributed by atoms with Gasteiger partial charge in [0.25, 0.3) is 0 Å². The van der Waals surface area contributed by atoms with Gasteiger partial charge in [0.05, 0.1) is 0 Å². The van der Waals surface area contributed by atoms with Gasteiger partial charge in [-0.25, -0.2) is 0 Å². The van der Waals surface area contributed by atoms with E-state index >= 15 is 0 Å². The van der Waals surface area contributed by atoms with E-state index in [1.54, 1.807) is 0 Å². The summed E-state index contributed by atoms with van der Waals surface area (Å²) in [5, 5.41) is 3.07. The lowest BCUT2D eigenvalue weighted by Crippen LogP contribution is -2.46. The number of aryl methyl sites for hydroxylation is 1. The number of amides is 1. The molecule has 2 aliphatic rings. The van der Waals surface area contributed by atoms with Crippen LogP contribution in [0.25, 0.3) is 0 Å². The van der Waals surface area contributed by atoms with E-state index in [1.165, 1.54) is 12.0 Å². The van der Waals surface area contributed by atoms with Gasteiger partial charge in [-0.1, -0.05) is 37.3 Å². The van der Waals surface area contributed by atoms with Crippen LogP contribution in [0, 0.1) is 5.92 Å². The van der Waals surface area contributed by atoms with Gasteiger partial charge in [0.2, 0.25) is 5.91 Å². The standard InChI is InChI=1S/C25H35N3O2/c1-20-18-23(20)24-10-8-22(30-24)9-11-25(29)26-12-5-13-27-14-16-28(17-15-27)19-21-6-3-2-4-7-21/h2-4,6-8,10,20,23H,5,9,11-19H2,1H3,(H,26,29)/t20-,23-/m1/s1. The van der Waals surface area contributed by atoms with Crippen molar-refractivity contribution in [2.45, 2.75) is 45.1 Å². The molecule has 30 heavy (non-hydrogen) atoms. The first-order valence-electron chi connectivity index (χ1n) is 11.5. The molecule has 2 heterocycles. The predicted octanol–water partition coefficient (Wildman–Crippen LogP) is 3.66. The number of carbonyl (C=O) groups excluding carboxylic acids is 1. The molecule has 1 saturated heterocycles. The smallest absolute Gasteiger partial charge is 0.220 e. The summed E-state index contributed by atoms with van der Waals surface area (Å²) in [5.41, 5.74) is 1.39. The molecule has 1 aliphatic heterocycles. The van der Waals surface area contributed by atoms with Crippen LogP contribution in [0.5, 0.6) is 0 Å². The molecule has 0 spiro atoms. The summed E-state index contributed by atoms with van der Waals surface area (Å²) >= 11 is 0. The maximum absolute atomic E-state index is 12.1. The van der Waals surface area contributed by atoms with Crippen LogP contribution in [0.4, 0.5) is 0 Å². The Hall–Kier alpha value is -2.11. The summed E-state index contributed by atoms with van der Waals surface area (Å²) in [6.07, 6.45) is 3.44. The van der Waals surface area contributed by atoms with E-state index in [2.05, 4.69) is 58.4 Å². The molecule has 2 aromatic rings. The molecule has 0 unspecified atom stereocenters. The molecular weight excluding hydrogens is 374 g/mol. The summed E-state index contributed by atoms with van der Waals surface area (Å²) in [4.78, 5) is 17.2. The minimum Gasteiger partial charge on any atom is -0.466 e. The molecule has 5 heteroatoms. The van der Waals surface area contributed by atoms with Crippen molar-refractivity contribution in [3.63, 3.8) is 0 Å². The van der Waals surface area contributed by atoms with Gasteiger partial charge in [-0.15, -0.1) is 0 Å². The average Bonchev–Trinajstić information content (AvgIpc) is 3.31. The van der Waals surface area contributed by atoms with Crippen LogP contribution in [-0.4, -0.2) is 55.0 Å². The third kappa shape index (κ3) is 6.19. The lowest BCUT2D eigenvalue weighted by atomic mass is 10.2. The Kier molecular flexibility index (Phi) is 7.24. The number of piperazine rings is 1. The van der Waals surface area contributed by atoms with E-state index in [9.17, 15) is 4.79 Å². The van der Waals surface area contributed by atoms with Crippen LogP contribution in [0.2, 0.25) is 0 Å². The van der Waals surface area contributed by atoms with Gasteiger partial charge in [-0.05, 0) is 43.0 Å². The molecular formula is C25H35N3O2. The van der Waals surface area contributed by atoms with Crippen LogP contribution in [0.3, 0.4) is 0 Å². The Morgan fingerprint density at radius 1 is 1.07 bits per heavy atom. The summed E-state index contributed by atoms with van der Waals surface area (Å²) in [6.45, 7) is 9.57. The first-order chi connectivity index (χ1) is 14.7. The lowest BCUT2D eigenvalue weighted by Gasteiger charge is -2.34. The number of rotatable bonds is 10. The summed E-state index contributed by atoms with van der Waals surface area (Å²) in [5.74, 6) is 3.52. The SMILES string of the molecule is C[C@@H]1C[C@H]1c1ccc(CCC(=O)NCCCN2CCN(Cc3ccccc3)CC2)o1. The van der Waals surface area contributed by atoms with Crippen molar-refractivity contribution in [2.24, 2.45) is 5.92 Å². The highest BCUT2D eigenvalue weighted by molar-refractivity contribution is 5.76. The van der Waals surface area contributed by atoms with Crippen LogP contribution in [-0.2, 0) is 17.8 Å². The van der Waals surface area contributed by atoms with Crippen LogP contribution in [0.15, 0.2) is 46.9 Å². The van der Waals surface area contributed by atoms with Gasteiger partial charge >= 0.3 is 0 Å². The molecule has 2 atom stereocenters. The highest BCUT2D eigenvalue weighted by atomic mass is 16.3. The Balaban J connectivity index is 1.05. The van der Waals surface area contributed by atoms with Gasteiger partial charge in [0.15, 0.2) is 0 Å². The number of furan rings is 1. The van der Waals surface area contributed by atoms with E-state index in [0.717, 1.165) is 69.7 Å². The van der Waals surface area contributed by atoms with E-state index in [1.807, 2.05) is 6.07 Å². The molecule has 162 valence electrons. The summed E-state index contributed by atoms with van der Waals surface area (Å²) < 4.78 is 5.89. The van der Waals surface area contributed by atoms with Gasteiger partial charge in [0.1, 0.15) is 11.5 Å². The molecule has 0 bridgehead atoms. The highest BCUT2D eigenvalue weighted by Gasteiger charge is 2.36. The Morgan fingerprint density at radius 3 is 2.53 bits per heavy atom. The second kappa shape index (κ2) is 10.3. The number of hydrogen-bond acceptors (Lipinski definition) is 4. The molecule has 1 N–H and O–H groups in total. The number of benzene rings is 1. The van der Waals surface area contributed by atoms with Crippen molar-refractivity contribution in [2.75, 3.05) is 39.3 Å². The highest BCUT2D eigenvalue weighted by Crippen LogP contribution is 2.47. The zero-order valence-electron chi connectivity index (χ0n) is 18.2. The monoisotopic (exact) mass is 409 g/mol. The molecule has 1 aromatic heterocycles. The molecule has 2 fully saturated rings. The summed E-state index contributed by atoms with van der Waals surface area (Å²) in [6, 6.07) is 14.8. The normalized spacial score (nSPS) is 22.2. The Morgan fingerprint density at radius 2 is 1.80 bits per heavy atom. The van der Waals surface area contributed by atoms with Crippen molar-refractivity contribution in [3.8, 4) is 0 Å². The van der Waals surface area contributed by atoms with Crippen LogP contribution in [0.1, 0.15) is 49.2 Å². The minimum absolute atomic E-state index is 0.125. The van der Waals surface area contributed by atoms with E-state index in [-0.39, 0.29) is 5.91 Å². The van der Waals surface area contributed by atoms with Crippen molar-refractivity contribution < 1.29 is 9.21 Å². The maximum atomic E-state index is 12.1. The average molecular weight is 410 g/mol. The zero-order chi connectivity index (χ0) is 20.8. The Bertz CT molecular complexity index is 796. The molecule has 1 saturated carbocycles. The van der Waals surface area contributed by atoms with E-state index in [4.69, 9.17) is 4.42 Å². The second-order valence-corrected chi connectivity index (χ2v) is 8.93. The Labute approximate surface area is 180 Å². The third-order valence-electron chi connectivity index (χ3n) is 6.44. The molecule has 0 radical (unpaired) electrons. The number of nitrogens with one attached hydrogen (secondary N) is 1. The molecule has 1 aromatic carbocycles. The minimum atomic E-state index is 0.125. The summed E-state index contributed by atoms with van der Waals surface area (Å²) in [7, 11) is 0. The van der Waals surface area contributed by atoms with Crippen molar-refractivity contribution in [1.82, 2.24) is 15.1 Å². The molecule has 1 aliphatic carbocycles. The zero-order valence-corrected chi connectivity index (χ0v) is 18.2. The lowest BCUT2D eigenvalue weighted by molar-refractivity contribution is -0.121. The fourth-order valence-corrected chi connectivity index (χ4v) is 4.31. The first kappa shape index (κ1) is 21.1. The molecule has 1 amide bonds. The number of carbonyl (C=O) groups is 1. The number of nitrogens with zero attached hydrogens (tertiary/aromatic N) is 2. The fourth-order valence-electron chi connectivity index (χ4n) is 4.31. The van der Waals surface area contributed by atoms with Crippen LogP contribution < -0.4 is 5.32 Å². The third-order valence-corrected chi connectivity index (χ3v) is 6.44.